The van der Waals surface area contributed by atoms with E-state index in [-0.39, 0.29) is 29.8 Å². The van der Waals surface area contributed by atoms with Gasteiger partial charge in [-0.05, 0) is 6.42 Å². The van der Waals surface area contributed by atoms with Crippen LogP contribution in [-0.2, 0) is 0 Å². The summed E-state index contributed by atoms with van der Waals surface area (Å²) in [4.78, 5) is 26.1. The normalized spacial score (nSPS) is 22.1. The molecule has 1 aromatic rings. The van der Waals surface area contributed by atoms with Crippen LogP contribution in [0.15, 0.2) is 17.1 Å². The average Bonchev–Trinajstić information content (AvgIpc) is 2.49. The van der Waals surface area contributed by atoms with Gasteiger partial charge in [-0.1, -0.05) is 13.3 Å². The van der Waals surface area contributed by atoms with E-state index in [1.807, 2.05) is 6.92 Å². The number of alkyl halides is 2. The number of aromatic nitrogens is 1. The molecule has 0 spiro atoms. The monoisotopic (exact) mass is 327 g/mol. The van der Waals surface area contributed by atoms with Gasteiger partial charge in [-0.2, -0.15) is 0 Å². The summed E-state index contributed by atoms with van der Waals surface area (Å²) in [7, 11) is 0. The van der Waals surface area contributed by atoms with Crippen LogP contribution in [0, 0.1) is 0 Å². The molecule has 1 atom stereocenters. The minimum Gasteiger partial charge on any atom is -0.487 e. The fourth-order valence-electron chi connectivity index (χ4n) is 2.87. The SMILES string of the molecule is CCCCOc1c2n(ccc1=O)NC1CC(F)(F)CCN1C2=O. The second-order valence-corrected chi connectivity index (χ2v) is 5.88. The Morgan fingerprint density at radius 2 is 2.22 bits per heavy atom. The molecule has 0 aromatic carbocycles. The number of halogens is 2. The second-order valence-electron chi connectivity index (χ2n) is 5.88. The van der Waals surface area contributed by atoms with E-state index in [1.54, 1.807) is 0 Å². The molecule has 0 bridgehead atoms. The van der Waals surface area contributed by atoms with Gasteiger partial charge in [0.2, 0.25) is 5.43 Å². The van der Waals surface area contributed by atoms with Gasteiger partial charge in [-0.25, -0.2) is 8.78 Å². The molecule has 0 radical (unpaired) electrons. The van der Waals surface area contributed by atoms with E-state index < -0.39 is 24.4 Å². The molecule has 1 unspecified atom stereocenters. The summed E-state index contributed by atoms with van der Waals surface area (Å²) in [6, 6.07) is 1.27. The van der Waals surface area contributed by atoms with E-state index >= 15 is 0 Å². The lowest BCUT2D eigenvalue weighted by Gasteiger charge is -2.44. The minimum absolute atomic E-state index is 0.0192. The molecule has 1 saturated heterocycles. The molecule has 8 heteroatoms. The number of nitrogens with one attached hydrogen (secondary N) is 1. The number of amides is 1. The molecule has 0 aliphatic carbocycles. The molecule has 6 nitrogen and oxygen atoms in total. The number of unbranched alkanes of at least 4 members (excludes halogenated alkanes) is 1. The number of nitrogens with zero attached hydrogens (tertiary/aromatic N) is 2. The van der Waals surface area contributed by atoms with Gasteiger partial charge in [0.1, 0.15) is 6.17 Å². The second kappa shape index (κ2) is 5.82. The third-order valence-corrected chi connectivity index (χ3v) is 4.14. The maximum atomic E-state index is 13.6. The largest absolute Gasteiger partial charge is 0.487 e. The summed E-state index contributed by atoms with van der Waals surface area (Å²) in [5, 5.41) is 0. The highest BCUT2D eigenvalue weighted by atomic mass is 19.3. The van der Waals surface area contributed by atoms with E-state index in [2.05, 4.69) is 5.43 Å². The first kappa shape index (κ1) is 15.8. The summed E-state index contributed by atoms with van der Waals surface area (Å²) >= 11 is 0. The molecule has 126 valence electrons. The van der Waals surface area contributed by atoms with E-state index in [0.717, 1.165) is 12.8 Å². The summed E-state index contributed by atoms with van der Waals surface area (Å²) in [6.45, 7) is 2.26. The highest BCUT2D eigenvalue weighted by Crippen LogP contribution is 2.34. The van der Waals surface area contributed by atoms with Crippen LogP contribution in [-0.4, -0.2) is 40.7 Å². The van der Waals surface area contributed by atoms with Gasteiger partial charge in [0, 0.05) is 25.2 Å². The predicted octanol–water partition coefficient (Wildman–Crippen LogP) is 1.78. The van der Waals surface area contributed by atoms with Crippen LogP contribution in [0.2, 0.25) is 0 Å². The van der Waals surface area contributed by atoms with Crippen molar-refractivity contribution in [1.82, 2.24) is 9.58 Å². The van der Waals surface area contributed by atoms with Crippen LogP contribution >= 0.6 is 0 Å². The molecule has 0 saturated carbocycles. The summed E-state index contributed by atoms with van der Waals surface area (Å²) < 4.78 is 34.0. The topological polar surface area (TPSA) is 63.6 Å². The number of carbonyl (C=O) groups is 1. The van der Waals surface area contributed by atoms with Crippen molar-refractivity contribution in [2.75, 3.05) is 18.6 Å². The van der Waals surface area contributed by atoms with Crippen LogP contribution in [0.1, 0.15) is 43.1 Å². The Morgan fingerprint density at radius 3 is 2.96 bits per heavy atom. The van der Waals surface area contributed by atoms with Crippen molar-refractivity contribution in [2.24, 2.45) is 0 Å². The summed E-state index contributed by atoms with van der Waals surface area (Å²) in [5.74, 6) is -3.27. The van der Waals surface area contributed by atoms with Crippen molar-refractivity contribution in [3.63, 3.8) is 0 Å². The lowest BCUT2D eigenvalue weighted by atomic mass is 10.0. The fraction of sp³-hybridized carbons (Fsp3) is 0.600. The Balaban J connectivity index is 1.95. The van der Waals surface area contributed by atoms with Gasteiger partial charge in [-0.15, -0.1) is 0 Å². The third kappa shape index (κ3) is 2.89. The first-order chi connectivity index (χ1) is 10.9. The standard InChI is InChI=1S/C15H19F2N3O3/c1-2-3-8-23-13-10(21)4-6-20-12(13)14(22)19-7-5-15(16,17)9-11(19)18-20/h4,6,11,18H,2-3,5,7-9H2,1H3. The van der Waals surface area contributed by atoms with E-state index in [9.17, 15) is 18.4 Å². The van der Waals surface area contributed by atoms with Crippen LogP contribution in [0.4, 0.5) is 8.78 Å². The van der Waals surface area contributed by atoms with Crippen LogP contribution in [0.5, 0.6) is 5.75 Å². The first-order valence-corrected chi connectivity index (χ1v) is 7.77. The van der Waals surface area contributed by atoms with Crippen molar-refractivity contribution < 1.29 is 18.3 Å². The van der Waals surface area contributed by atoms with Gasteiger partial charge < -0.3 is 15.1 Å². The van der Waals surface area contributed by atoms with Gasteiger partial charge in [0.25, 0.3) is 11.8 Å². The molecule has 1 aromatic heterocycles. The molecule has 23 heavy (non-hydrogen) atoms. The number of hydrogen-bond acceptors (Lipinski definition) is 4. The third-order valence-electron chi connectivity index (χ3n) is 4.14. The number of fused-ring (bicyclic) bond motifs is 2. The zero-order chi connectivity index (χ0) is 16.6. The Bertz CT molecular complexity index is 674. The van der Waals surface area contributed by atoms with Gasteiger partial charge >= 0.3 is 0 Å². The molecule has 1 amide bonds. The molecule has 2 aliphatic rings. The molecular weight excluding hydrogens is 308 g/mol. The van der Waals surface area contributed by atoms with Crippen LogP contribution in [0.25, 0.3) is 0 Å². The minimum atomic E-state index is -2.80. The Hall–Kier alpha value is -2.12. The Labute approximate surface area is 132 Å². The summed E-state index contributed by atoms with van der Waals surface area (Å²) in [6.07, 6.45) is 1.42. The zero-order valence-corrected chi connectivity index (χ0v) is 12.8. The van der Waals surface area contributed by atoms with Gasteiger partial charge in [0.05, 0.1) is 13.0 Å². The quantitative estimate of drug-likeness (QED) is 0.856. The molecule has 1 N–H and O–H groups in total. The zero-order valence-electron chi connectivity index (χ0n) is 12.8. The molecule has 3 rings (SSSR count). The van der Waals surface area contributed by atoms with Crippen LogP contribution in [0.3, 0.4) is 0 Å². The smallest absolute Gasteiger partial charge is 0.278 e. The molecular formula is C15H19F2N3O3. The predicted molar refractivity (Wildman–Crippen MR) is 79.5 cm³/mol. The molecule has 1 fully saturated rings. The summed E-state index contributed by atoms with van der Waals surface area (Å²) in [5.41, 5.74) is 2.56. The number of hydrogen-bond donors (Lipinski definition) is 1. The maximum absolute atomic E-state index is 13.6. The lowest BCUT2D eigenvalue weighted by molar-refractivity contribution is -0.0692. The van der Waals surface area contributed by atoms with Crippen molar-refractivity contribution in [3.05, 3.63) is 28.2 Å². The number of carbonyl (C=O) groups excluding carboxylic acids is 1. The Kier molecular flexibility index (Phi) is 3.99. The maximum Gasteiger partial charge on any atom is 0.278 e. The number of rotatable bonds is 4. The van der Waals surface area contributed by atoms with Gasteiger partial charge in [0.15, 0.2) is 11.4 Å². The van der Waals surface area contributed by atoms with E-state index in [1.165, 1.54) is 21.8 Å². The lowest BCUT2D eigenvalue weighted by Crippen LogP contribution is -2.59. The molecule has 2 aliphatic heterocycles. The Morgan fingerprint density at radius 1 is 1.43 bits per heavy atom. The van der Waals surface area contributed by atoms with Crippen LogP contribution < -0.4 is 15.6 Å². The highest BCUT2D eigenvalue weighted by molar-refractivity contribution is 5.96. The number of piperidine rings is 1. The average molecular weight is 327 g/mol. The van der Waals surface area contributed by atoms with Crippen molar-refractivity contribution in [2.45, 2.75) is 44.7 Å². The van der Waals surface area contributed by atoms with Gasteiger partial charge in [-0.3, -0.25) is 14.3 Å². The number of pyridine rings is 1. The van der Waals surface area contributed by atoms with Crippen molar-refractivity contribution in [3.8, 4) is 5.75 Å². The fourth-order valence-corrected chi connectivity index (χ4v) is 2.87. The highest BCUT2D eigenvalue weighted by Gasteiger charge is 2.45. The first-order valence-electron chi connectivity index (χ1n) is 7.77. The van der Waals surface area contributed by atoms with Crippen molar-refractivity contribution in [1.29, 1.82) is 0 Å². The number of ether oxygens (including phenoxy) is 1. The molecule has 3 heterocycles. The van der Waals surface area contributed by atoms with E-state index in [4.69, 9.17) is 4.74 Å². The van der Waals surface area contributed by atoms with E-state index in [0.29, 0.717) is 6.61 Å². The van der Waals surface area contributed by atoms with Crippen molar-refractivity contribution >= 4 is 5.91 Å².